The highest BCUT2D eigenvalue weighted by Crippen LogP contribution is 2.27. The molecule has 7 nitrogen and oxygen atoms in total. The molecule has 0 saturated carbocycles. The van der Waals surface area contributed by atoms with Crippen molar-refractivity contribution in [1.29, 1.82) is 0 Å². The number of carboxylic acid groups (broad SMARTS) is 1. The zero-order chi connectivity index (χ0) is 20.9. The number of carboxylic acids is 1. The molecule has 154 valence electrons. The number of nitrogens with two attached hydrogens (primary N) is 1. The number of amides is 2. The lowest BCUT2D eigenvalue weighted by Gasteiger charge is -2.32. The molecule has 1 unspecified atom stereocenters. The number of halogens is 3. The number of nitrogens with zero attached hydrogens (tertiary/aromatic N) is 1. The number of nitrogens with one attached hydrogen (secondary N) is 1. The van der Waals surface area contributed by atoms with E-state index in [4.69, 9.17) is 15.6 Å². The van der Waals surface area contributed by atoms with Crippen LogP contribution in [-0.4, -0.2) is 48.2 Å². The summed E-state index contributed by atoms with van der Waals surface area (Å²) in [6.07, 6.45) is -2.02. The first-order chi connectivity index (χ1) is 13.1. The van der Waals surface area contributed by atoms with Crippen LogP contribution in [0.15, 0.2) is 24.3 Å². The second-order valence-electron chi connectivity index (χ2n) is 6.72. The van der Waals surface area contributed by atoms with Crippen molar-refractivity contribution < 1.29 is 32.7 Å². The molecule has 2 heterocycles. The van der Waals surface area contributed by atoms with Crippen molar-refractivity contribution in [3.63, 3.8) is 0 Å². The zero-order valence-corrected chi connectivity index (χ0v) is 15.0. The van der Waals surface area contributed by atoms with Crippen LogP contribution < -0.4 is 16.0 Å². The number of aliphatic carboxylic acids is 1. The van der Waals surface area contributed by atoms with Crippen molar-refractivity contribution in [3.8, 4) is 0 Å². The average Bonchev–Trinajstić information content (AvgIpc) is 2.62. The normalized spacial score (nSPS) is 20.9. The molecule has 10 heteroatoms. The van der Waals surface area contributed by atoms with Crippen LogP contribution in [-0.2, 0) is 14.4 Å². The molecular weight excluding hydrogens is 379 g/mol. The monoisotopic (exact) mass is 401 g/mol. The van der Waals surface area contributed by atoms with Crippen molar-refractivity contribution in [2.45, 2.75) is 43.8 Å². The maximum absolute atomic E-state index is 11.9. The summed E-state index contributed by atoms with van der Waals surface area (Å²) < 4.78 is 31.7. The molecule has 1 aromatic carbocycles. The molecule has 0 aliphatic carbocycles. The van der Waals surface area contributed by atoms with Crippen LogP contribution in [0, 0.1) is 0 Å². The number of carbonyl (C=O) groups excluding carboxylic acids is 2. The smallest absolute Gasteiger partial charge is 0.475 e. The van der Waals surface area contributed by atoms with Gasteiger partial charge in [-0.3, -0.25) is 14.9 Å². The summed E-state index contributed by atoms with van der Waals surface area (Å²) in [5.41, 5.74) is 8.09. The van der Waals surface area contributed by atoms with Crippen LogP contribution in [0.1, 0.15) is 37.2 Å². The molecule has 2 saturated heterocycles. The minimum atomic E-state index is -5.08. The third kappa shape index (κ3) is 5.95. The Morgan fingerprint density at radius 2 is 1.64 bits per heavy atom. The van der Waals surface area contributed by atoms with Crippen LogP contribution in [0.25, 0.3) is 0 Å². The average molecular weight is 401 g/mol. The van der Waals surface area contributed by atoms with Crippen molar-refractivity contribution in [3.05, 3.63) is 29.8 Å². The van der Waals surface area contributed by atoms with Crippen LogP contribution in [0.5, 0.6) is 0 Å². The molecule has 4 N–H and O–H groups in total. The Labute approximate surface area is 159 Å². The fourth-order valence-corrected chi connectivity index (χ4v) is 3.09. The first-order valence-corrected chi connectivity index (χ1v) is 8.82. The molecule has 1 aromatic rings. The van der Waals surface area contributed by atoms with E-state index in [1.807, 2.05) is 12.1 Å². The standard InChI is InChI=1S/C16H21N3O2.C2HF3O2/c17-12-7-9-19(10-8-12)13-3-1-11(2-4-13)14-5-6-15(20)18-16(14)21;3-2(4,5)1(6)7/h1-4,12,14H,5-10,17H2,(H,18,20,21);(H,6,7). The van der Waals surface area contributed by atoms with Crippen molar-refractivity contribution in [1.82, 2.24) is 5.32 Å². The quantitative estimate of drug-likeness (QED) is 0.651. The number of piperidine rings is 2. The largest absolute Gasteiger partial charge is 0.490 e. The first-order valence-electron chi connectivity index (χ1n) is 8.82. The van der Waals surface area contributed by atoms with Gasteiger partial charge in [-0.2, -0.15) is 13.2 Å². The van der Waals surface area contributed by atoms with Gasteiger partial charge >= 0.3 is 12.1 Å². The molecule has 3 rings (SSSR count). The van der Waals surface area contributed by atoms with Crippen molar-refractivity contribution in [2.24, 2.45) is 5.73 Å². The minimum Gasteiger partial charge on any atom is -0.475 e. The topological polar surface area (TPSA) is 113 Å². The summed E-state index contributed by atoms with van der Waals surface area (Å²) >= 11 is 0. The fourth-order valence-electron chi connectivity index (χ4n) is 3.09. The van der Waals surface area contributed by atoms with E-state index in [0.717, 1.165) is 31.5 Å². The predicted molar refractivity (Wildman–Crippen MR) is 94.7 cm³/mol. The second kappa shape index (κ2) is 9.05. The summed E-state index contributed by atoms with van der Waals surface area (Å²) in [5, 5.41) is 9.53. The Morgan fingerprint density at radius 3 is 2.11 bits per heavy atom. The van der Waals surface area contributed by atoms with E-state index in [2.05, 4.69) is 22.3 Å². The number of imide groups is 1. The summed E-state index contributed by atoms with van der Waals surface area (Å²) in [6, 6.07) is 8.46. The van der Waals surface area contributed by atoms with E-state index in [1.165, 1.54) is 5.69 Å². The molecule has 2 amide bonds. The van der Waals surface area contributed by atoms with E-state index < -0.39 is 12.1 Å². The number of anilines is 1. The molecule has 28 heavy (non-hydrogen) atoms. The lowest BCUT2D eigenvalue weighted by Crippen LogP contribution is -2.40. The van der Waals surface area contributed by atoms with Crippen LogP contribution in [0.3, 0.4) is 0 Å². The van der Waals surface area contributed by atoms with Gasteiger partial charge in [0, 0.05) is 31.2 Å². The van der Waals surface area contributed by atoms with Gasteiger partial charge in [-0.1, -0.05) is 12.1 Å². The predicted octanol–water partition coefficient (Wildman–Crippen LogP) is 1.77. The van der Waals surface area contributed by atoms with E-state index >= 15 is 0 Å². The van der Waals surface area contributed by atoms with Gasteiger partial charge in [-0.25, -0.2) is 4.79 Å². The molecule has 2 aliphatic rings. The summed E-state index contributed by atoms with van der Waals surface area (Å²) in [6.45, 7) is 1.97. The van der Waals surface area contributed by atoms with Crippen LogP contribution in [0.4, 0.5) is 18.9 Å². The second-order valence-corrected chi connectivity index (χ2v) is 6.72. The number of alkyl halides is 3. The van der Waals surface area contributed by atoms with Gasteiger partial charge in [0.25, 0.3) is 0 Å². The molecule has 0 radical (unpaired) electrons. The van der Waals surface area contributed by atoms with E-state index in [-0.39, 0.29) is 17.7 Å². The van der Waals surface area contributed by atoms with E-state index in [1.54, 1.807) is 0 Å². The number of benzene rings is 1. The molecule has 2 aliphatic heterocycles. The number of hydrogen-bond donors (Lipinski definition) is 3. The minimum absolute atomic E-state index is 0.169. The van der Waals surface area contributed by atoms with Gasteiger partial charge in [0.1, 0.15) is 0 Å². The third-order valence-electron chi connectivity index (χ3n) is 4.68. The van der Waals surface area contributed by atoms with Crippen LogP contribution in [0.2, 0.25) is 0 Å². The Kier molecular flexibility index (Phi) is 7.00. The molecule has 0 aromatic heterocycles. The zero-order valence-electron chi connectivity index (χ0n) is 15.0. The first kappa shape index (κ1) is 21.7. The molecular formula is C18H22F3N3O4. The lowest BCUT2D eigenvalue weighted by atomic mass is 9.90. The Hall–Kier alpha value is -2.62. The Morgan fingerprint density at radius 1 is 1.11 bits per heavy atom. The van der Waals surface area contributed by atoms with Gasteiger partial charge < -0.3 is 15.7 Å². The molecule has 0 bridgehead atoms. The Bertz CT molecular complexity index is 714. The highest BCUT2D eigenvalue weighted by atomic mass is 19.4. The summed E-state index contributed by atoms with van der Waals surface area (Å²) in [5.74, 6) is -3.31. The maximum Gasteiger partial charge on any atom is 0.490 e. The SMILES string of the molecule is NC1CCN(c2ccc(C3CCC(=O)NC3=O)cc2)CC1.O=C(O)C(F)(F)F. The van der Waals surface area contributed by atoms with E-state index in [9.17, 15) is 22.8 Å². The van der Waals surface area contributed by atoms with Gasteiger partial charge in [-0.05, 0) is 37.0 Å². The van der Waals surface area contributed by atoms with Gasteiger partial charge in [0.05, 0.1) is 5.92 Å². The molecule has 0 spiro atoms. The summed E-state index contributed by atoms with van der Waals surface area (Å²) in [7, 11) is 0. The van der Waals surface area contributed by atoms with Crippen molar-refractivity contribution in [2.75, 3.05) is 18.0 Å². The Balaban J connectivity index is 0.000000345. The molecule has 1 atom stereocenters. The third-order valence-corrected chi connectivity index (χ3v) is 4.68. The number of carbonyl (C=O) groups is 3. The van der Waals surface area contributed by atoms with Crippen molar-refractivity contribution >= 4 is 23.5 Å². The highest BCUT2D eigenvalue weighted by Gasteiger charge is 2.38. The highest BCUT2D eigenvalue weighted by molar-refractivity contribution is 6.00. The number of hydrogen-bond acceptors (Lipinski definition) is 5. The van der Waals surface area contributed by atoms with Gasteiger partial charge in [0.2, 0.25) is 11.8 Å². The van der Waals surface area contributed by atoms with Crippen LogP contribution >= 0.6 is 0 Å². The molecule has 2 fully saturated rings. The fraction of sp³-hybridized carbons (Fsp3) is 0.500. The maximum atomic E-state index is 11.9. The van der Waals surface area contributed by atoms with E-state index in [0.29, 0.717) is 18.9 Å². The summed E-state index contributed by atoms with van der Waals surface area (Å²) in [4.78, 5) is 34.3. The van der Waals surface area contributed by atoms with Gasteiger partial charge in [-0.15, -0.1) is 0 Å². The lowest BCUT2D eigenvalue weighted by molar-refractivity contribution is -0.192. The van der Waals surface area contributed by atoms with Gasteiger partial charge in [0.15, 0.2) is 0 Å². The number of rotatable bonds is 2.